The molecule has 4 aromatic carbocycles. The highest BCUT2D eigenvalue weighted by molar-refractivity contribution is 6.30. The van der Waals surface area contributed by atoms with Gasteiger partial charge in [-0.05, 0) is 83.3 Å². The number of unbranched alkanes of at least 4 members (excludes halogenated alkanes) is 1. The van der Waals surface area contributed by atoms with Gasteiger partial charge in [-0.1, -0.05) is 84.4 Å². The molecule has 0 bridgehead atoms. The maximum absolute atomic E-state index is 12.3. The van der Waals surface area contributed by atoms with Crippen molar-refractivity contribution in [1.82, 2.24) is 10.2 Å². The number of benzene rings is 4. The molecule has 4 aromatic rings. The fraction of sp³-hybridized carbons (Fsp3) is 0.381. The van der Waals surface area contributed by atoms with Crippen LogP contribution in [0.3, 0.4) is 0 Å². The zero-order chi connectivity index (χ0) is 36.5. The van der Waals surface area contributed by atoms with E-state index in [1.165, 1.54) is 0 Å². The quantitative estimate of drug-likeness (QED) is 0.0998. The Morgan fingerprint density at radius 3 is 2.23 bits per heavy atom. The van der Waals surface area contributed by atoms with Gasteiger partial charge < -0.3 is 35.0 Å². The smallest absolute Gasteiger partial charge is 0.303 e. The third kappa shape index (κ3) is 10.1. The number of rotatable bonds is 14. The van der Waals surface area contributed by atoms with Crippen LogP contribution in [-0.2, 0) is 37.8 Å². The third-order valence-corrected chi connectivity index (χ3v) is 10.3. The van der Waals surface area contributed by atoms with Crippen molar-refractivity contribution >= 4 is 23.5 Å². The van der Waals surface area contributed by atoms with Gasteiger partial charge in [-0.25, -0.2) is 0 Å². The molecular weight excluding hydrogens is 680 g/mol. The first kappa shape index (κ1) is 37.7. The topological polar surface area (TPSA) is 129 Å². The highest BCUT2D eigenvalue weighted by Crippen LogP contribution is 2.40. The third-order valence-electron chi connectivity index (χ3n) is 10.1. The van der Waals surface area contributed by atoms with E-state index in [2.05, 4.69) is 22.3 Å². The van der Waals surface area contributed by atoms with Crippen molar-refractivity contribution in [3.63, 3.8) is 0 Å². The number of aliphatic carboxylic acids is 1. The molecule has 1 amide bonds. The van der Waals surface area contributed by atoms with Crippen molar-refractivity contribution in [2.45, 2.75) is 82.2 Å². The molecule has 2 saturated heterocycles. The number of piperidine rings is 1. The van der Waals surface area contributed by atoms with E-state index < -0.39 is 17.9 Å². The Kier molecular flexibility index (Phi) is 12.8. The number of carbonyl (C=O) groups is 2. The monoisotopic (exact) mass is 726 g/mol. The molecule has 0 aliphatic carbocycles. The second kappa shape index (κ2) is 17.6. The van der Waals surface area contributed by atoms with E-state index >= 15 is 0 Å². The fourth-order valence-corrected chi connectivity index (χ4v) is 7.18. The van der Waals surface area contributed by atoms with Crippen LogP contribution in [0.25, 0.3) is 11.1 Å². The highest BCUT2D eigenvalue weighted by Gasteiger charge is 2.37. The van der Waals surface area contributed by atoms with Crippen LogP contribution in [-0.4, -0.2) is 57.8 Å². The van der Waals surface area contributed by atoms with Gasteiger partial charge in [-0.2, -0.15) is 0 Å². The minimum Gasteiger partial charge on any atom is -0.481 e. The number of hydrogen-bond donors (Lipinski definition) is 4. The van der Waals surface area contributed by atoms with E-state index in [1.54, 1.807) is 0 Å². The van der Waals surface area contributed by atoms with E-state index in [0.29, 0.717) is 56.6 Å². The van der Waals surface area contributed by atoms with Crippen LogP contribution in [0.15, 0.2) is 97.1 Å². The molecule has 10 heteroatoms. The molecule has 3 atom stereocenters. The predicted molar refractivity (Wildman–Crippen MR) is 199 cm³/mol. The van der Waals surface area contributed by atoms with Crippen LogP contribution in [0, 0.1) is 0 Å². The number of halogens is 1. The SMILES string of the molecule is O=C(O)CCCCC(=O)NCc1cccc(-c2cccc([C@H]3O[C@@H](CN4CCC(O)(c5ccc(Cl)cc5)CC4)C[C@@H](c4ccc(CO)cc4)O3)c2)c1. The van der Waals surface area contributed by atoms with Crippen LogP contribution in [0.2, 0.25) is 5.02 Å². The van der Waals surface area contributed by atoms with E-state index in [9.17, 15) is 19.8 Å². The molecule has 0 unspecified atom stereocenters. The number of nitrogens with zero attached hydrogens (tertiary/aromatic N) is 1. The van der Waals surface area contributed by atoms with Crippen molar-refractivity contribution in [3.8, 4) is 11.1 Å². The summed E-state index contributed by atoms with van der Waals surface area (Å²) in [5.74, 6) is -0.944. The number of carbonyl (C=O) groups excluding carboxylic acids is 1. The zero-order valence-corrected chi connectivity index (χ0v) is 30.0. The standard InChI is InChI=1S/C42H47ClN2O7/c43-36-17-15-35(16-18-36)42(50)19-21-45(22-20-42)27-37-25-38(31-13-11-29(28-46)12-14-31)52-41(51-37)34-8-4-7-33(24-34)32-6-3-5-30(23-32)26-44-39(47)9-1-2-10-40(48)49/h3-8,11-18,23-24,37-38,41,46,50H,1-2,9-10,19-22,25-28H2,(H,44,47)(H,48,49)/t37-,38+,41+/m1/s1. The molecule has 2 fully saturated rings. The number of nitrogens with one attached hydrogen (secondary N) is 1. The number of aliphatic hydroxyl groups excluding tert-OH is 1. The van der Waals surface area contributed by atoms with Gasteiger partial charge in [0.15, 0.2) is 6.29 Å². The Hall–Kier alpha value is -4.09. The van der Waals surface area contributed by atoms with Gasteiger partial charge in [-0.15, -0.1) is 0 Å². The summed E-state index contributed by atoms with van der Waals surface area (Å²) in [6.07, 6.45) is 2.34. The number of likely N-dealkylation sites (tertiary alicyclic amines) is 1. The Balaban J connectivity index is 1.14. The van der Waals surface area contributed by atoms with Crippen molar-refractivity contribution in [2.24, 2.45) is 0 Å². The maximum Gasteiger partial charge on any atom is 0.303 e. The van der Waals surface area contributed by atoms with Crippen LogP contribution in [0.4, 0.5) is 0 Å². The second-order valence-electron chi connectivity index (χ2n) is 13.9. The largest absolute Gasteiger partial charge is 0.481 e. The van der Waals surface area contributed by atoms with E-state index in [-0.39, 0.29) is 31.1 Å². The van der Waals surface area contributed by atoms with Gasteiger partial charge in [0.05, 0.1) is 24.4 Å². The summed E-state index contributed by atoms with van der Waals surface area (Å²) >= 11 is 6.09. The molecular formula is C42H47ClN2O7. The molecule has 9 nitrogen and oxygen atoms in total. The molecule has 0 spiro atoms. The number of aliphatic hydroxyl groups is 2. The van der Waals surface area contributed by atoms with E-state index in [4.69, 9.17) is 26.2 Å². The summed E-state index contributed by atoms with van der Waals surface area (Å²) in [6, 6.07) is 31.5. The molecule has 52 heavy (non-hydrogen) atoms. The Morgan fingerprint density at radius 1 is 0.827 bits per heavy atom. The summed E-state index contributed by atoms with van der Waals surface area (Å²) < 4.78 is 13.3. The van der Waals surface area contributed by atoms with Crippen LogP contribution >= 0.6 is 11.6 Å². The molecule has 2 aliphatic heterocycles. The van der Waals surface area contributed by atoms with Gasteiger partial charge in [0.2, 0.25) is 5.91 Å². The van der Waals surface area contributed by atoms with Gasteiger partial charge in [0, 0.05) is 56.0 Å². The molecule has 4 N–H and O–H groups in total. The first-order valence-corrected chi connectivity index (χ1v) is 18.4. The molecule has 0 radical (unpaired) electrons. The van der Waals surface area contributed by atoms with Gasteiger partial charge in [0.25, 0.3) is 0 Å². The number of hydrogen-bond acceptors (Lipinski definition) is 7. The lowest BCUT2D eigenvalue weighted by molar-refractivity contribution is -0.253. The minimum absolute atomic E-state index is 0.0214. The van der Waals surface area contributed by atoms with Crippen LogP contribution in [0.1, 0.15) is 85.2 Å². The van der Waals surface area contributed by atoms with Gasteiger partial charge in [0.1, 0.15) is 0 Å². The zero-order valence-electron chi connectivity index (χ0n) is 29.3. The van der Waals surface area contributed by atoms with E-state index in [1.807, 2.05) is 84.9 Å². The van der Waals surface area contributed by atoms with Crippen molar-refractivity contribution in [2.75, 3.05) is 19.6 Å². The van der Waals surface area contributed by atoms with Crippen molar-refractivity contribution < 1.29 is 34.4 Å². The lowest BCUT2D eigenvalue weighted by atomic mass is 9.84. The summed E-state index contributed by atoms with van der Waals surface area (Å²) in [7, 11) is 0. The predicted octanol–water partition coefficient (Wildman–Crippen LogP) is 7.29. The Labute approximate surface area is 310 Å². The first-order valence-electron chi connectivity index (χ1n) is 18.1. The average molecular weight is 727 g/mol. The van der Waals surface area contributed by atoms with Crippen molar-refractivity contribution in [3.05, 3.63) is 130 Å². The minimum atomic E-state index is -0.885. The molecule has 0 saturated carbocycles. The fourth-order valence-electron chi connectivity index (χ4n) is 7.05. The number of amides is 1. The number of ether oxygens (including phenoxy) is 2. The molecule has 0 aromatic heterocycles. The normalized spacial score (nSPS) is 20.3. The van der Waals surface area contributed by atoms with Crippen molar-refractivity contribution in [1.29, 1.82) is 0 Å². The average Bonchev–Trinajstić information content (AvgIpc) is 3.17. The Morgan fingerprint density at radius 2 is 1.52 bits per heavy atom. The Bertz CT molecular complexity index is 1790. The first-order chi connectivity index (χ1) is 25.2. The summed E-state index contributed by atoms with van der Waals surface area (Å²) in [5.41, 5.74) is 5.73. The van der Waals surface area contributed by atoms with Gasteiger partial charge >= 0.3 is 5.97 Å². The lowest BCUT2D eigenvalue weighted by Gasteiger charge is -2.42. The maximum atomic E-state index is 12.3. The molecule has 6 rings (SSSR count). The molecule has 274 valence electrons. The highest BCUT2D eigenvalue weighted by atomic mass is 35.5. The summed E-state index contributed by atoms with van der Waals surface area (Å²) in [5, 5.41) is 33.5. The van der Waals surface area contributed by atoms with Crippen LogP contribution in [0.5, 0.6) is 0 Å². The van der Waals surface area contributed by atoms with Crippen LogP contribution < -0.4 is 5.32 Å². The number of carboxylic acid groups (broad SMARTS) is 1. The summed E-state index contributed by atoms with van der Waals surface area (Å²) in [4.78, 5) is 25.4. The summed E-state index contributed by atoms with van der Waals surface area (Å²) in [6.45, 7) is 2.53. The second-order valence-corrected chi connectivity index (χ2v) is 14.3. The van der Waals surface area contributed by atoms with Gasteiger partial charge in [-0.3, -0.25) is 9.59 Å². The number of carboxylic acids is 1. The molecule has 2 heterocycles. The van der Waals surface area contributed by atoms with E-state index in [0.717, 1.165) is 52.0 Å². The molecule has 2 aliphatic rings. The lowest BCUT2D eigenvalue weighted by Crippen LogP contribution is -2.46.